The quantitative estimate of drug-likeness (QED) is 0.676. The summed E-state index contributed by atoms with van der Waals surface area (Å²) >= 11 is 0. The number of hydrogen-bond acceptors (Lipinski definition) is 6. The number of ether oxygens (including phenoxy) is 1. The minimum atomic E-state index is -3.85. The molecular weight excluding hydrogens is 408 g/mol. The Morgan fingerprint density at radius 2 is 2.03 bits per heavy atom. The molecule has 158 valence electrons. The number of nitrogens with two attached hydrogens (primary N) is 1. The molecule has 1 atom stereocenters. The molecule has 10 heteroatoms. The minimum Gasteiger partial charge on any atom is -0.508 e. The lowest BCUT2D eigenvalue weighted by molar-refractivity contribution is 0.0633. The van der Waals surface area contributed by atoms with Gasteiger partial charge in [-0.3, -0.25) is 9.52 Å². The fourth-order valence-electron chi connectivity index (χ4n) is 3.72. The lowest BCUT2D eigenvalue weighted by Crippen LogP contribution is -2.41. The highest BCUT2D eigenvalue weighted by Gasteiger charge is 2.27. The van der Waals surface area contributed by atoms with Crippen molar-refractivity contribution in [3.05, 3.63) is 53.6 Å². The second-order valence-electron chi connectivity index (χ2n) is 7.35. The maximum absolute atomic E-state index is 12.7. The monoisotopic (exact) mass is 430 g/mol. The van der Waals surface area contributed by atoms with Crippen LogP contribution in [0.4, 0.5) is 5.69 Å². The summed E-state index contributed by atoms with van der Waals surface area (Å²) in [5.41, 5.74) is 7.12. The Kier molecular flexibility index (Phi) is 5.25. The first kappa shape index (κ1) is 20.0. The molecule has 9 nitrogen and oxygen atoms in total. The van der Waals surface area contributed by atoms with Crippen LogP contribution in [0.25, 0.3) is 0 Å². The predicted octanol–water partition coefficient (Wildman–Crippen LogP) is 1.70. The summed E-state index contributed by atoms with van der Waals surface area (Å²) in [4.78, 5) is 14.5. The van der Waals surface area contributed by atoms with Crippen molar-refractivity contribution < 1.29 is 23.1 Å². The topological polar surface area (TPSA) is 134 Å². The Bertz CT molecular complexity index is 1100. The van der Waals surface area contributed by atoms with Gasteiger partial charge in [0.25, 0.3) is 5.91 Å². The van der Waals surface area contributed by atoms with Crippen LogP contribution < -0.4 is 15.2 Å². The van der Waals surface area contributed by atoms with Crippen molar-refractivity contribution in [1.82, 2.24) is 4.90 Å². The van der Waals surface area contributed by atoms with Crippen molar-refractivity contribution in [2.75, 3.05) is 24.4 Å². The van der Waals surface area contributed by atoms with Gasteiger partial charge in [-0.2, -0.15) is 8.42 Å². The van der Waals surface area contributed by atoms with Gasteiger partial charge in [0.1, 0.15) is 11.5 Å². The van der Waals surface area contributed by atoms with Crippen LogP contribution in [0.1, 0.15) is 28.8 Å². The van der Waals surface area contributed by atoms with E-state index >= 15 is 0 Å². The largest absolute Gasteiger partial charge is 0.508 e. The maximum atomic E-state index is 12.7. The Labute approximate surface area is 174 Å². The third-order valence-corrected chi connectivity index (χ3v) is 6.05. The molecule has 2 aliphatic rings. The molecule has 0 spiro atoms. The Balaban J connectivity index is 1.44. The molecule has 0 aromatic heterocycles. The number of carbonyl (C=O) groups is 1. The van der Waals surface area contributed by atoms with Crippen molar-refractivity contribution in [2.45, 2.75) is 12.8 Å². The third kappa shape index (κ3) is 4.18. The molecule has 1 saturated heterocycles. The highest BCUT2D eigenvalue weighted by atomic mass is 32.2. The van der Waals surface area contributed by atoms with Crippen molar-refractivity contribution in [2.24, 2.45) is 16.0 Å². The number of aromatic hydroxyl groups is 1. The smallest absolute Gasteiger partial charge is 0.344 e. The molecule has 0 radical (unpaired) electrons. The maximum Gasteiger partial charge on any atom is 0.344 e. The molecule has 0 saturated carbocycles. The molecule has 2 aromatic carbocycles. The van der Waals surface area contributed by atoms with Crippen LogP contribution in [0.15, 0.2) is 46.9 Å². The van der Waals surface area contributed by atoms with Crippen LogP contribution in [0.3, 0.4) is 0 Å². The number of carbonyl (C=O) groups excluding carboxylic acids is 1. The number of amides is 1. The van der Waals surface area contributed by atoms with E-state index in [0.717, 1.165) is 12.8 Å². The summed E-state index contributed by atoms with van der Waals surface area (Å²) in [5, 5.41) is 9.40. The number of phenolic OH excluding ortho intramolecular Hbond substituents is 1. The molecule has 2 aromatic rings. The number of amidine groups is 1. The summed E-state index contributed by atoms with van der Waals surface area (Å²) in [7, 11) is -3.85. The van der Waals surface area contributed by atoms with E-state index in [1.54, 1.807) is 35.2 Å². The fourth-order valence-corrected chi connectivity index (χ4v) is 4.56. The number of nitrogens with one attached hydrogen (secondary N) is 1. The zero-order chi connectivity index (χ0) is 21.3. The highest BCUT2D eigenvalue weighted by molar-refractivity contribution is 7.91. The fraction of sp³-hybridized carbons (Fsp3) is 0.300. The predicted molar refractivity (Wildman–Crippen MR) is 112 cm³/mol. The van der Waals surface area contributed by atoms with E-state index in [0.29, 0.717) is 42.3 Å². The molecule has 0 bridgehead atoms. The number of rotatable bonds is 4. The molecule has 1 amide bonds. The van der Waals surface area contributed by atoms with Gasteiger partial charge in [0.05, 0.1) is 17.9 Å². The molecule has 2 aliphatic heterocycles. The molecular formula is C20H22N4O5S. The van der Waals surface area contributed by atoms with Crippen LogP contribution >= 0.6 is 0 Å². The summed E-state index contributed by atoms with van der Waals surface area (Å²) in [5.74, 6) is 0.481. The average Bonchev–Trinajstić information content (AvgIpc) is 2.71. The van der Waals surface area contributed by atoms with Gasteiger partial charge in [-0.15, -0.1) is 4.40 Å². The van der Waals surface area contributed by atoms with Crippen LogP contribution in [-0.4, -0.2) is 49.9 Å². The van der Waals surface area contributed by atoms with Crippen LogP contribution in [0.5, 0.6) is 11.5 Å². The SMILES string of the molecule is NC1=NS(=O)(=O)Nc2cccc(OC[C@H]3CCCN(C(=O)c4ccc(O)cc4)C3)c21. The molecule has 0 aliphatic carbocycles. The molecule has 2 heterocycles. The first-order chi connectivity index (χ1) is 14.3. The molecule has 30 heavy (non-hydrogen) atoms. The molecule has 0 unspecified atom stereocenters. The number of likely N-dealkylation sites (tertiary alicyclic amines) is 1. The van der Waals surface area contributed by atoms with Crippen LogP contribution in [0, 0.1) is 5.92 Å². The van der Waals surface area contributed by atoms with Gasteiger partial charge < -0.3 is 20.5 Å². The van der Waals surface area contributed by atoms with E-state index in [1.165, 1.54) is 12.1 Å². The Morgan fingerprint density at radius 3 is 2.80 bits per heavy atom. The van der Waals surface area contributed by atoms with Gasteiger partial charge in [-0.25, -0.2) is 0 Å². The van der Waals surface area contributed by atoms with Gasteiger partial charge >= 0.3 is 10.2 Å². The average molecular weight is 430 g/mol. The molecule has 4 N–H and O–H groups in total. The minimum absolute atomic E-state index is 0.0809. The molecule has 4 rings (SSSR count). The second-order valence-corrected chi connectivity index (χ2v) is 8.69. The van der Waals surface area contributed by atoms with Crippen molar-refractivity contribution >= 4 is 27.6 Å². The van der Waals surface area contributed by atoms with Gasteiger partial charge in [-0.05, 0) is 49.2 Å². The van der Waals surface area contributed by atoms with Crippen LogP contribution in [-0.2, 0) is 10.2 Å². The van der Waals surface area contributed by atoms with Gasteiger partial charge in [0, 0.05) is 24.6 Å². The normalized spacial score (nSPS) is 19.9. The van der Waals surface area contributed by atoms with Crippen molar-refractivity contribution in [1.29, 1.82) is 0 Å². The zero-order valence-corrected chi connectivity index (χ0v) is 16.9. The summed E-state index contributed by atoms with van der Waals surface area (Å²) in [6.07, 6.45) is 1.76. The number of piperidine rings is 1. The highest BCUT2D eigenvalue weighted by Crippen LogP contribution is 2.31. The number of fused-ring (bicyclic) bond motifs is 1. The van der Waals surface area contributed by atoms with Gasteiger partial charge in [0.2, 0.25) is 0 Å². The number of nitrogens with zero attached hydrogens (tertiary/aromatic N) is 2. The van der Waals surface area contributed by atoms with E-state index < -0.39 is 10.2 Å². The van der Waals surface area contributed by atoms with Crippen molar-refractivity contribution in [3.8, 4) is 11.5 Å². The first-order valence-corrected chi connectivity index (χ1v) is 11.0. The Morgan fingerprint density at radius 1 is 1.27 bits per heavy atom. The van der Waals surface area contributed by atoms with Crippen LogP contribution in [0.2, 0.25) is 0 Å². The van der Waals surface area contributed by atoms with Crippen molar-refractivity contribution in [3.63, 3.8) is 0 Å². The molecule has 1 fully saturated rings. The first-order valence-electron chi connectivity index (χ1n) is 9.55. The zero-order valence-electron chi connectivity index (χ0n) is 16.1. The lowest BCUT2D eigenvalue weighted by Gasteiger charge is -2.33. The van der Waals surface area contributed by atoms with E-state index in [1.807, 2.05) is 0 Å². The van der Waals surface area contributed by atoms with E-state index in [-0.39, 0.29) is 23.4 Å². The Hall–Kier alpha value is -3.27. The van der Waals surface area contributed by atoms with E-state index in [9.17, 15) is 18.3 Å². The second kappa shape index (κ2) is 7.86. The number of hydrogen-bond donors (Lipinski definition) is 3. The number of anilines is 1. The number of benzene rings is 2. The summed E-state index contributed by atoms with van der Waals surface area (Å²) in [6, 6.07) is 11.2. The standard InChI is InChI=1S/C20H22N4O5S/c21-19-18-16(22-30(27,28)23-19)4-1-5-17(18)29-12-13-3-2-10-24(11-13)20(26)14-6-8-15(25)9-7-14/h1,4-9,13,22,25H,2-3,10-12H2,(H2,21,23)/t13-/m0/s1. The van der Waals surface area contributed by atoms with Gasteiger partial charge in [-0.1, -0.05) is 6.07 Å². The van der Waals surface area contributed by atoms with E-state index in [2.05, 4.69) is 9.12 Å². The summed E-state index contributed by atoms with van der Waals surface area (Å²) in [6.45, 7) is 1.57. The summed E-state index contributed by atoms with van der Waals surface area (Å²) < 4.78 is 35.2. The van der Waals surface area contributed by atoms with E-state index in [4.69, 9.17) is 10.5 Å². The third-order valence-electron chi connectivity index (χ3n) is 5.13. The number of phenols is 1. The van der Waals surface area contributed by atoms with Gasteiger partial charge in [0.15, 0.2) is 5.84 Å². The lowest BCUT2D eigenvalue weighted by atomic mass is 9.98.